The molecule has 0 bridgehead atoms. The van der Waals surface area contributed by atoms with Crippen LogP contribution in [-0.4, -0.2) is 4.92 Å². The molecular weight excluding hydrogens is 317 g/mol. The van der Waals surface area contributed by atoms with Gasteiger partial charge in [-0.05, 0) is 23.6 Å². The third-order valence-corrected chi connectivity index (χ3v) is 3.86. The van der Waals surface area contributed by atoms with Crippen LogP contribution in [0, 0.1) is 10.1 Å². The Labute approximate surface area is 132 Å². The maximum Gasteiger partial charge on any atom is 0.805 e. The average Bonchev–Trinajstić information content (AvgIpc) is 2.55. The van der Waals surface area contributed by atoms with E-state index in [-0.39, 0.29) is 11.4 Å². The van der Waals surface area contributed by atoms with E-state index in [0.29, 0.717) is 5.75 Å². The monoisotopic (exact) mass is 328 g/mol. The molecule has 0 radical (unpaired) electrons. The van der Waals surface area contributed by atoms with Crippen molar-refractivity contribution in [3.8, 4) is 11.5 Å². The lowest BCUT2D eigenvalue weighted by molar-refractivity contribution is -0.384. The Balaban J connectivity index is 1.75. The van der Waals surface area contributed by atoms with Gasteiger partial charge in [0, 0.05) is 22.1 Å². The molecule has 3 aromatic carbocycles. The highest BCUT2D eigenvalue weighted by atomic mass is 31.1. The molecule has 0 N–H and O–H groups in total. The summed E-state index contributed by atoms with van der Waals surface area (Å²) in [6, 6.07) is 18.3. The molecule has 23 heavy (non-hydrogen) atoms. The number of nitro benzene ring substituents is 1. The number of fused-ring (bicyclic) bond motifs is 1. The summed E-state index contributed by atoms with van der Waals surface area (Å²) in [6.45, 7) is 0. The van der Waals surface area contributed by atoms with Gasteiger partial charge in [-0.2, -0.15) is 0 Å². The van der Waals surface area contributed by atoms with E-state index in [9.17, 15) is 14.7 Å². The number of benzene rings is 3. The zero-order valence-electron chi connectivity index (χ0n) is 11.8. The van der Waals surface area contributed by atoms with Gasteiger partial charge in [0.15, 0.2) is 11.5 Å². The third kappa shape index (κ3) is 3.44. The van der Waals surface area contributed by atoms with E-state index in [1.165, 1.54) is 24.3 Å². The standard InChI is InChI=1S/C16H11NO5P/c18-17(19)13-8-10-14(11-9-13)21-23(20)22-16-7-3-5-12-4-1-2-6-15(12)16/h1-11H/q+1. The summed E-state index contributed by atoms with van der Waals surface area (Å²) in [4.78, 5) is 10.1. The minimum Gasteiger partial charge on any atom is -0.258 e. The predicted octanol–water partition coefficient (Wildman–Crippen LogP) is 4.86. The van der Waals surface area contributed by atoms with Gasteiger partial charge in [-0.25, -0.2) is 9.05 Å². The van der Waals surface area contributed by atoms with Crippen LogP contribution in [0.2, 0.25) is 0 Å². The highest BCUT2D eigenvalue weighted by Gasteiger charge is 2.25. The van der Waals surface area contributed by atoms with Crippen molar-refractivity contribution in [1.82, 2.24) is 0 Å². The second-order valence-corrected chi connectivity index (χ2v) is 5.45. The maximum absolute atomic E-state index is 12.0. The number of hydrogen-bond acceptors (Lipinski definition) is 5. The van der Waals surface area contributed by atoms with Gasteiger partial charge < -0.3 is 0 Å². The van der Waals surface area contributed by atoms with Gasteiger partial charge in [-0.3, -0.25) is 10.1 Å². The van der Waals surface area contributed by atoms with E-state index < -0.39 is 13.2 Å². The quantitative estimate of drug-likeness (QED) is 0.379. The minimum atomic E-state index is -2.45. The van der Waals surface area contributed by atoms with Crippen molar-refractivity contribution < 1.29 is 18.5 Å². The summed E-state index contributed by atoms with van der Waals surface area (Å²) in [7, 11) is -2.45. The molecule has 1 unspecified atom stereocenters. The number of rotatable bonds is 5. The third-order valence-electron chi connectivity index (χ3n) is 3.15. The van der Waals surface area contributed by atoms with Crippen LogP contribution in [-0.2, 0) is 4.57 Å². The fourth-order valence-corrected chi connectivity index (χ4v) is 2.74. The molecule has 0 aliphatic rings. The summed E-state index contributed by atoms with van der Waals surface area (Å²) < 4.78 is 22.5. The largest absolute Gasteiger partial charge is 0.805 e. The van der Waals surface area contributed by atoms with Gasteiger partial charge >= 0.3 is 8.25 Å². The lowest BCUT2D eigenvalue weighted by Gasteiger charge is -2.00. The van der Waals surface area contributed by atoms with E-state index in [2.05, 4.69) is 0 Å². The Bertz CT molecular complexity index is 874. The van der Waals surface area contributed by atoms with Gasteiger partial charge in [0.05, 0.1) is 4.92 Å². The molecule has 114 valence electrons. The van der Waals surface area contributed by atoms with Gasteiger partial charge in [-0.1, -0.05) is 36.4 Å². The summed E-state index contributed by atoms with van der Waals surface area (Å²) >= 11 is 0. The smallest absolute Gasteiger partial charge is 0.258 e. The van der Waals surface area contributed by atoms with Crippen molar-refractivity contribution in [2.75, 3.05) is 0 Å². The molecule has 0 heterocycles. The van der Waals surface area contributed by atoms with Crippen LogP contribution in [0.4, 0.5) is 5.69 Å². The van der Waals surface area contributed by atoms with Crippen LogP contribution in [0.5, 0.6) is 11.5 Å². The molecule has 0 saturated heterocycles. The first-order valence-electron chi connectivity index (χ1n) is 6.69. The molecule has 0 spiro atoms. The Kier molecular flexibility index (Phi) is 4.17. The SMILES string of the molecule is O=[N+]([O-])c1ccc(O[P+](=O)Oc2cccc3ccccc23)cc1. The molecule has 0 aliphatic carbocycles. The molecule has 1 atom stereocenters. The van der Waals surface area contributed by atoms with Crippen molar-refractivity contribution in [1.29, 1.82) is 0 Å². The Morgan fingerprint density at radius 1 is 0.870 bits per heavy atom. The zero-order chi connectivity index (χ0) is 16.2. The van der Waals surface area contributed by atoms with Gasteiger partial charge in [0.25, 0.3) is 5.69 Å². The van der Waals surface area contributed by atoms with Crippen LogP contribution < -0.4 is 9.05 Å². The zero-order valence-corrected chi connectivity index (χ0v) is 12.7. The maximum atomic E-state index is 12.0. The molecule has 0 fully saturated rings. The van der Waals surface area contributed by atoms with Gasteiger partial charge in [0.1, 0.15) is 0 Å². The van der Waals surface area contributed by atoms with Crippen LogP contribution >= 0.6 is 8.25 Å². The van der Waals surface area contributed by atoms with E-state index in [4.69, 9.17) is 9.05 Å². The molecule has 0 aromatic heterocycles. The van der Waals surface area contributed by atoms with Crippen molar-refractivity contribution >= 4 is 24.7 Å². The van der Waals surface area contributed by atoms with E-state index in [0.717, 1.165) is 10.8 Å². The summed E-state index contributed by atoms with van der Waals surface area (Å²) in [5.41, 5.74) is -0.0671. The fourth-order valence-electron chi connectivity index (χ4n) is 2.09. The van der Waals surface area contributed by atoms with E-state index in [1.54, 1.807) is 12.1 Å². The molecule has 3 rings (SSSR count). The Morgan fingerprint density at radius 2 is 1.57 bits per heavy atom. The molecule has 0 saturated carbocycles. The number of non-ortho nitro benzene ring substituents is 1. The molecule has 0 amide bonds. The van der Waals surface area contributed by atoms with Crippen LogP contribution in [0.15, 0.2) is 66.7 Å². The lowest BCUT2D eigenvalue weighted by atomic mass is 10.1. The lowest BCUT2D eigenvalue weighted by Crippen LogP contribution is -1.91. The van der Waals surface area contributed by atoms with Crippen molar-refractivity contribution in [2.45, 2.75) is 0 Å². The topological polar surface area (TPSA) is 78.7 Å². The fraction of sp³-hybridized carbons (Fsp3) is 0. The van der Waals surface area contributed by atoms with Gasteiger partial charge in [-0.15, -0.1) is 0 Å². The van der Waals surface area contributed by atoms with Gasteiger partial charge in [0.2, 0.25) is 0 Å². The summed E-state index contributed by atoms with van der Waals surface area (Å²) in [6.07, 6.45) is 0. The second kappa shape index (κ2) is 6.42. The predicted molar refractivity (Wildman–Crippen MR) is 85.9 cm³/mol. The molecule has 0 aliphatic heterocycles. The number of nitrogens with zero attached hydrogens (tertiary/aromatic N) is 1. The van der Waals surface area contributed by atoms with Crippen molar-refractivity contribution in [3.05, 3.63) is 76.8 Å². The number of nitro groups is 1. The molecular formula is C16H11NO5P+. The molecule has 6 nitrogen and oxygen atoms in total. The average molecular weight is 328 g/mol. The molecule has 7 heteroatoms. The summed E-state index contributed by atoms with van der Waals surface area (Å²) in [5.74, 6) is 0.683. The Hall–Kier alpha value is -2.98. The van der Waals surface area contributed by atoms with E-state index >= 15 is 0 Å². The second-order valence-electron chi connectivity index (χ2n) is 4.63. The number of hydrogen-bond donors (Lipinski definition) is 0. The highest BCUT2D eigenvalue weighted by molar-refractivity contribution is 7.34. The van der Waals surface area contributed by atoms with Crippen LogP contribution in [0.25, 0.3) is 10.8 Å². The first-order valence-corrected chi connectivity index (χ1v) is 7.78. The van der Waals surface area contributed by atoms with Crippen LogP contribution in [0.1, 0.15) is 0 Å². The summed E-state index contributed by atoms with van der Waals surface area (Å²) in [5, 5.41) is 12.4. The first kappa shape index (κ1) is 14.9. The van der Waals surface area contributed by atoms with E-state index in [1.807, 2.05) is 30.3 Å². The molecule has 3 aromatic rings. The first-order chi connectivity index (χ1) is 11.1. The van der Waals surface area contributed by atoms with Crippen molar-refractivity contribution in [3.63, 3.8) is 0 Å². The van der Waals surface area contributed by atoms with Crippen LogP contribution in [0.3, 0.4) is 0 Å². The highest BCUT2D eigenvalue weighted by Crippen LogP contribution is 2.35. The van der Waals surface area contributed by atoms with Crippen molar-refractivity contribution in [2.24, 2.45) is 0 Å². The normalized spacial score (nSPS) is 11.0. The minimum absolute atomic E-state index is 0.0671. The Morgan fingerprint density at radius 3 is 2.30 bits per heavy atom.